The third-order valence-electron chi connectivity index (χ3n) is 5.58. The van der Waals surface area contributed by atoms with Gasteiger partial charge in [-0.05, 0) is 50.5 Å². The molecule has 1 aliphatic heterocycles. The molecule has 0 unspecified atom stereocenters. The maximum absolute atomic E-state index is 11.5. The van der Waals surface area contributed by atoms with Crippen LogP contribution in [0.2, 0.25) is 0 Å². The van der Waals surface area contributed by atoms with E-state index in [9.17, 15) is 4.79 Å². The summed E-state index contributed by atoms with van der Waals surface area (Å²) >= 11 is 0. The van der Waals surface area contributed by atoms with Crippen molar-refractivity contribution in [1.82, 2.24) is 19.9 Å². The third kappa shape index (κ3) is 4.28. The average molecular weight is 425 g/mol. The Hall–Kier alpha value is -3.29. The highest BCUT2D eigenvalue weighted by Crippen LogP contribution is 2.35. The monoisotopic (exact) mass is 424 g/mol. The highest BCUT2D eigenvalue weighted by molar-refractivity contribution is 5.85. The van der Waals surface area contributed by atoms with Gasteiger partial charge in [0.05, 0.1) is 38.4 Å². The minimum absolute atomic E-state index is 0.110. The number of nitrogens with zero attached hydrogens (tertiary/aromatic N) is 3. The molecule has 4 rings (SSSR count). The van der Waals surface area contributed by atoms with Crippen molar-refractivity contribution in [3.05, 3.63) is 30.6 Å². The van der Waals surface area contributed by atoms with Gasteiger partial charge in [0.25, 0.3) is 0 Å². The molecular weight excluding hydrogens is 396 g/mol. The van der Waals surface area contributed by atoms with E-state index in [1.807, 2.05) is 30.6 Å². The van der Waals surface area contributed by atoms with Crippen LogP contribution in [0.4, 0.5) is 0 Å². The van der Waals surface area contributed by atoms with Crippen LogP contribution in [0.5, 0.6) is 17.4 Å². The molecule has 1 atom stereocenters. The van der Waals surface area contributed by atoms with E-state index in [0.29, 0.717) is 42.9 Å². The Kier molecular flexibility index (Phi) is 5.97. The lowest BCUT2D eigenvalue weighted by molar-refractivity contribution is -0.119. The summed E-state index contributed by atoms with van der Waals surface area (Å²) in [5.74, 6) is 2.25. The van der Waals surface area contributed by atoms with Gasteiger partial charge in [0, 0.05) is 24.6 Å². The zero-order valence-corrected chi connectivity index (χ0v) is 18.3. The van der Waals surface area contributed by atoms with Crippen molar-refractivity contribution in [3.8, 4) is 28.6 Å². The molecule has 0 aliphatic carbocycles. The molecular formula is C23H28N4O4. The van der Waals surface area contributed by atoms with Crippen molar-refractivity contribution in [1.29, 1.82) is 0 Å². The molecule has 8 nitrogen and oxygen atoms in total. The zero-order valence-electron chi connectivity index (χ0n) is 18.3. The van der Waals surface area contributed by atoms with Gasteiger partial charge in [-0.3, -0.25) is 4.79 Å². The fourth-order valence-corrected chi connectivity index (χ4v) is 3.85. The second-order valence-corrected chi connectivity index (χ2v) is 8.01. The molecule has 0 bridgehead atoms. The van der Waals surface area contributed by atoms with Gasteiger partial charge in [-0.1, -0.05) is 0 Å². The molecule has 1 aliphatic rings. The molecule has 0 saturated carbocycles. The minimum atomic E-state index is 0.110. The molecule has 31 heavy (non-hydrogen) atoms. The molecule has 1 N–H and O–H groups in total. The summed E-state index contributed by atoms with van der Waals surface area (Å²) in [6.45, 7) is 5.40. The number of carbonyl (C=O) groups is 1. The van der Waals surface area contributed by atoms with Gasteiger partial charge in [0.2, 0.25) is 11.8 Å². The average Bonchev–Trinajstić information content (AvgIpc) is 3.39. The number of hydrogen-bond donors (Lipinski definition) is 1. The van der Waals surface area contributed by atoms with Gasteiger partial charge in [-0.25, -0.2) is 9.97 Å². The molecule has 0 spiro atoms. The molecule has 3 aromatic rings. The van der Waals surface area contributed by atoms with Gasteiger partial charge < -0.3 is 24.1 Å². The van der Waals surface area contributed by atoms with Crippen molar-refractivity contribution in [2.75, 3.05) is 27.4 Å². The Bertz CT molecular complexity index is 1090. The van der Waals surface area contributed by atoms with Gasteiger partial charge in [-0.2, -0.15) is 0 Å². The summed E-state index contributed by atoms with van der Waals surface area (Å²) in [4.78, 5) is 20.9. The van der Waals surface area contributed by atoms with Crippen LogP contribution in [0.25, 0.3) is 22.3 Å². The number of fused-ring (bicyclic) bond motifs is 1. The normalized spacial score (nSPS) is 16.0. The van der Waals surface area contributed by atoms with Crippen molar-refractivity contribution in [2.45, 2.75) is 32.7 Å². The first-order valence-corrected chi connectivity index (χ1v) is 10.5. The zero-order chi connectivity index (χ0) is 22.0. The maximum atomic E-state index is 11.5. The molecule has 1 amide bonds. The number of imidazole rings is 1. The van der Waals surface area contributed by atoms with E-state index in [-0.39, 0.29) is 11.9 Å². The van der Waals surface area contributed by atoms with Crippen LogP contribution in [0, 0.1) is 5.92 Å². The number of methoxy groups -OCH3 is 2. The smallest absolute Gasteiger partial charge is 0.240 e. The third-order valence-corrected chi connectivity index (χ3v) is 5.58. The number of aromatic nitrogens is 3. The lowest BCUT2D eigenvalue weighted by atomic mass is 10.1. The summed E-state index contributed by atoms with van der Waals surface area (Å²) < 4.78 is 19.0. The van der Waals surface area contributed by atoms with Gasteiger partial charge in [-0.15, -0.1) is 0 Å². The van der Waals surface area contributed by atoms with Crippen LogP contribution in [0.3, 0.4) is 0 Å². The quantitative estimate of drug-likeness (QED) is 0.595. The van der Waals surface area contributed by atoms with E-state index in [4.69, 9.17) is 19.2 Å². The number of benzene rings is 1. The second kappa shape index (κ2) is 8.83. The molecule has 164 valence electrons. The van der Waals surface area contributed by atoms with Gasteiger partial charge >= 0.3 is 0 Å². The highest BCUT2D eigenvalue weighted by Gasteiger charge is 2.22. The van der Waals surface area contributed by atoms with Gasteiger partial charge in [0.1, 0.15) is 5.52 Å². The number of hydrogen-bond acceptors (Lipinski definition) is 6. The van der Waals surface area contributed by atoms with E-state index in [2.05, 4.69) is 28.7 Å². The molecule has 2 aromatic heterocycles. The Balaban J connectivity index is 1.68. The predicted octanol–water partition coefficient (Wildman–Crippen LogP) is 3.60. The standard InChI is InChI=1S/C23H28N4O4/c1-14(2)27-13-25-18-11-17(16-5-6-19(29-3)20(10-16)30-4)26-23(22(18)27)31-8-7-15-9-21(28)24-12-15/h5-6,10-11,13-15H,7-9,12H2,1-4H3,(H,24,28)/t15-/m1/s1. The Morgan fingerprint density at radius 3 is 2.68 bits per heavy atom. The van der Waals surface area contributed by atoms with Crippen LogP contribution in [-0.4, -0.2) is 47.8 Å². The van der Waals surface area contributed by atoms with Crippen LogP contribution >= 0.6 is 0 Å². The molecule has 1 aromatic carbocycles. The number of pyridine rings is 1. The minimum Gasteiger partial charge on any atom is -0.493 e. The van der Waals surface area contributed by atoms with E-state index in [1.54, 1.807) is 14.2 Å². The molecule has 3 heterocycles. The summed E-state index contributed by atoms with van der Waals surface area (Å²) in [5, 5.41) is 2.87. The Labute approximate surface area is 181 Å². The predicted molar refractivity (Wildman–Crippen MR) is 118 cm³/mol. The van der Waals surface area contributed by atoms with E-state index >= 15 is 0 Å². The number of ether oxygens (including phenoxy) is 3. The van der Waals surface area contributed by atoms with Crippen molar-refractivity contribution >= 4 is 16.9 Å². The summed E-state index contributed by atoms with van der Waals surface area (Å²) in [5.41, 5.74) is 3.32. The van der Waals surface area contributed by atoms with E-state index in [0.717, 1.165) is 28.7 Å². The fourth-order valence-electron chi connectivity index (χ4n) is 3.85. The first-order valence-electron chi connectivity index (χ1n) is 10.5. The van der Waals surface area contributed by atoms with Crippen LogP contribution < -0.4 is 19.5 Å². The molecule has 1 saturated heterocycles. The fraction of sp³-hybridized carbons (Fsp3) is 0.435. The Morgan fingerprint density at radius 1 is 1.19 bits per heavy atom. The second-order valence-electron chi connectivity index (χ2n) is 8.01. The van der Waals surface area contributed by atoms with Crippen molar-refractivity contribution in [3.63, 3.8) is 0 Å². The number of rotatable bonds is 8. The van der Waals surface area contributed by atoms with Crippen molar-refractivity contribution in [2.24, 2.45) is 5.92 Å². The molecule has 1 fully saturated rings. The summed E-state index contributed by atoms with van der Waals surface area (Å²) in [6.07, 6.45) is 3.17. The first-order chi connectivity index (χ1) is 15.0. The molecule has 8 heteroatoms. The number of amides is 1. The first kappa shape index (κ1) is 21.0. The van der Waals surface area contributed by atoms with Crippen molar-refractivity contribution < 1.29 is 19.0 Å². The summed E-state index contributed by atoms with van der Waals surface area (Å²) in [7, 11) is 3.22. The Morgan fingerprint density at radius 2 is 2.00 bits per heavy atom. The van der Waals surface area contributed by atoms with E-state index in [1.165, 1.54) is 0 Å². The van der Waals surface area contributed by atoms with Crippen LogP contribution in [0.1, 0.15) is 32.7 Å². The summed E-state index contributed by atoms with van der Waals surface area (Å²) in [6, 6.07) is 7.87. The maximum Gasteiger partial charge on any atom is 0.240 e. The van der Waals surface area contributed by atoms with Crippen LogP contribution in [0.15, 0.2) is 30.6 Å². The SMILES string of the molecule is COc1ccc(-c2cc3ncn(C(C)C)c3c(OCC[C@H]3CNC(=O)C3)n2)cc1OC. The largest absolute Gasteiger partial charge is 0.493 e. The van der Waals surface area contributed by atoms with E-state index < -0.39 is 0 Å². The van der Waals surface area contributed by atoms with Crippen LogP contribution in [-0.2, 0) is 4.79 Å². The highest BCUT2D eigenvalue weighted by atomic mass is 16.5. The topological polar surface area (TPSA) is 87.5 Å². The lowest BCUT2D eigenvalue weighted by Gasteiger charge is -2.15. The van der Waals surface area contributed by atoms with Gasteiger partial charge in [0.15, 0.2) is 11.5 Å². The number of nitrogens with one attached hydrogen (secondary N) is 1. The number of carbonyl (C=O) groups excluding carboxylic acids is 1. The lowest BCUT2D eigenvalue weighted by Crippen LogP contribution is -2.14. The molecule has 0 radical (unpaired) electrons.